The molecule has 2 saturated heterocycles. The third kappa shape index (κ3) is 5.47. The Balaban J connectivity index is 1.23. The van der Waals surface area contributed by atoms with Crippen LogP contribution in [0.4, 0.5) is 16.2 Å². The molecule has 2 aliphatic heterocycles. The number of halogens is 1. The molecule has 45 heavy (non-hydrogen) atoms. The van der Waals surface area contributed by atoms with Gasteiger partial charge in [-0.1, -0.05) is 0 Å². The molecule has 0 amide bonds. The highest BCUT2D eigenvalue weighted by Crippen LogP contribution is 2.53. The molecule has 0 bridgehead atoms. The summed E-state index contributed by atoms with van der Waals surface area (Å²) in [6, 6.07) is 0. The van der Waals surface area contributed by atoms with Crippen LogP contribution in [-0.2, 0) is 35.1 Å². The Morgan fingerprint density at radius 3 is 2.58 bits per heavy atom. The van der Waals surface area contributed by atoms with E-state index in [0.29, 0.717) is 11.2 Å². The van der Waals surface area contributed by atoms with Crippen molar-refractivity contribution in [1.29, 1.82) is 0 Å². The standard InChI is InChI=1S/C23H30FN10O9PS/c1-22(14(36)13(39-2)20(41-22)33-8-29-11-15(25)27-7-28-16(11)33)6-40-44(38,45)43-10-3-23(4-24,5-35)42-19(10)34-9-30-12-17(34)31-21(26)32-18(12)37/h7-10,13-14,19-20,35-36H,3-6H2,1-2H3,(H,38,45)(H2,25,27,28)(H3,26,31,32,37)/t10-,13-,14+,19-,20-,22-,23-,44?/m1/s1. The Hall–Kier alpha value is -3.24. The van der Waals surface area contributed by atoms with Gasteiger partial charge in [-0.05, 0) is 18.7 Å². The summed E-state index contributed by atoms with van der Waals surface area (Å²) >= 11 is 5.30. The van der Waals surface area contributed by atoms with Gasteiger partial charge in [0.25, 0.3) is 5.56 Å². The topological polar surface area (TPSA) is 266 Å². The molecule has 6 heterocycles. The van der Waals surface area contributed by atoms with E-state index in [1.165, 1.54) is 42.1 Å². The monoisotopic (exact) mass is 672 g/mol. The summed E-state index contributed by atoms with van der Waals surface area (Å²) in [5.41, 5.74) is 8.30. The fourth-order valence-corrected chi connectivity index (χ4v) is 6.99. The minimum Gasteiger partial charge on any atom is -0.393 e. The van der Waals surface area contributed by atoms with E-state index < -0.39 is 74.1 Å². The Labute approximate surface area is 257 Å². The van der Waals surface area contributed by atoms with Crippen molar-refractivity contribution in [3.05, 3.63) is 29.3 Å². The molecular formula is C23H30FN10O9PS. The summed E-state index contributed by atoms with van der Waals surface area (Å²) in [6.07, 6.45) is -2.06. The van der Waals surface area contributed by atoms with Crippen LogP contribution in [0.1, 0.15) is 25.8 Å². The molecule has 2 aliphatic rings. The first kappa shape index (κ1) is 31.7. The molecule has 0 radical (unpaired) electrons. The molecule has 0 spiro atoms. The average Bonchev–Trinajstić information content (AvgIpc) is 3.76. The normalized spacial score (nSPS) is 31.6. The number of nitrogens with one attached hydrogen (secondary N) is 1. The minimum atomic E-state index is -4.20. The molecule has 2 fully saturated rings. The van der Waals surface area contributed by atoms with Crippen molar-refractivity contribution in [3.8, 4) is 0 Å². The van der Waals surface area contributed by atoms with Crippen molar-refractivity contribution in [1.82, 2.24) is 39.0 Å². The van der Waals surface area contributed by atoms with Gasteiger partial charge in [-0.3, -0.25) is 18.9 Å². The lowest BCUT2D eigenvalue weighted by atomic mass is 9.98. The van der Waals surface area contributed by atoms with Crippen molar-refractivity contribution in [2.24, 2.45) is 0 Å². The van der Waals surface area contributed by atoms with Gasteiger partial charge in [0.2, 0.25) is 5.95 Å². The number of rotatable bonds is 10. The fraction of sp³-hybridized carbons (Fsp3) is 0.565. The third-order valence-corrected chi connectivity index (χ3v) is 9.41. The number of fused-ring (bicyclic) bond motifs is 2. The Morgan fingerprint density at radius 2 is 1.89 bits per heavy atom. The molecule has 0 aromatic carbocycles. The van der Waals surface area contributed by atoms with Gasteiger partial charge in [0.1, 0.15) is 48.0 Å². The predicted molar refractivity (Wildman–Crippen MR) is 155 cm³/mol. The molecule has 4 aromatic heterocycles. The van der Waals surface area contributed by atoms with E-state index in [2.05, 4.69) is 29.9 Å². The zero-order chi connectivity index (χ0) is 32.3. The molecule has 0 saturated carbocycles. The van der Waals surface area contributed by atoms with Crippen LogP contribution in [-0.4, -0.2) is 111 Å². The third-order valence-electron chi connectivity index (χ3n) is 7.84. The summed E-state index contributed by atoms with van der Waals surface area (Å²) < 4.78 is 46.0. The second-order valence-corrected chi connectivity index (χ2v) is 13.7. The maximum absolute atomic E-state index is 14.2. The second kappa shape index (κ2) is 11.5. The quantitative estimate of drug-likeness (QED) is 0.111. The smallest absolute Gasteiger partial charge is 0.325 e. The van der Waals surface area contributed by atoms with Crippen LogP contribution in [0.25, 0.3) is 22.3 Å². The number of anilines is 2. The summed E-state index contributed by atoms with van der Waals surface area (Å²) in [7, 11) is 1.38. The van der Waals surface area contributed by atoms with Gasteiger partial charge in [0.05, 0.1) is 25.9 Å². The largest absolute Gasteiger partial charge is 0.393 e. The van der Waals surface area contributed by atoms with Gasteiger partial charge in [0, 0.05) is 13.5 Å². The lowest BCUT2D eigenvalue weighted by molar-refractivity contribution is -0.119. The van der Waals surface area contributed by atoms with Crippen LogP contribution < -0.4 is 17.0 Å². The number of aromatic amines is 1. The number of aromatic nitrogens is 8. The van der Waals surface area contributed by atoms with E-state index in [1.54, 1.807) is 0 Å². The predicted octanol–water partition coefficient (Wildman–Crippen LogP) is -0.975. The molecule has 0 aliphatic carbocycles. The number of imidazole rings is 2. The molecule has 19 nitrogen and oxygen atoms in total. The van der Waals surface area contributed by atoms with Crippen molar-refractivity contribution >= 4 is 52.6 Å². The second-order valence-electron chi connectivity index (χ2n) is 10.9. The summed E-state index contributed by atoms with van der Waals surface area (Å²) in [6.45, 7) is -5.01. The number of hydrogen-bond donors (Lipinski definition) is 6. The van der Waals surface area contributed by atoms with Crippen molar-refractivity contribution < 1.29 is 42.8 Å². The first-order valence-corrected chi connectivity index (χ1v) is 16.0. The highest BCUT2D eigenvalue weighted by atomic mass is 32.5. The number of hydrogen-bond acceptors (Lipinski definition) is 16. The van der Waals surface area contributed by atoms with Gasteiger partial charge in [-0.2, -0.15) is 4.98 Å². The van der Waals surface area contributed by atoms with E-state index in [9.17, 15) is 24.3 Å². The van der Waals surface area contributed by atoms with Gasteiger partial charge in [0.15, 0.2) is 35.1 Å². The molecule has 4 aromatic rings. The highest BCUT2D eigenvalue weighted by Gasteiger charge is 2.55. The molecular weight excluding hydrogens is 642 g/mol. The van der Waals surface area contributed by atoms with Crippen LogP contribution >= 0.6 is 6.72 Å². The van der Waals surface area contributed by atoms with E-state index in [4.69, 9.17) is 46.5 Å². The number of methoxy groups -OCH3 is 1. The van der Waals surface area contributed by atoms with Gasteiger partial charge < -0.3 is 49.8 Å². The lowest BCUT2D eigenvalue weighted by Crippen LogP contribution is -2.44. The van der Waals surface area contributed by atoms with Gasteiger partial charge in [-0.15, -0.1) is 0 Å². The van der Waals surface area contributed by atoms with Gasteiger partial charge in [-0.25, -0.2) is 24.3 Å². The lowest BCUT2D eigenvalue weighted by Gasteiger charge is -2.30. The number of nitrogens with zero attached hydrogens (tertiary/aromatic N) is 7. The van der Waals surface area contributed by atoms with Crippen LogP contribution in [0.3, 0.4) is 0 Å². The van der Waals surface area contributed by atoms with Crippen molar-refractivity contribution in [3.63, 3.8) is 0 Å². The number of nitrogen functional groups attached to an aromatic ring is 2. The highest BCUT2D eigenvalue weighted by molar-refractivity contribution is 8.07. The maximum atomic E-state index is 14.2. The van der Waals surface area contributed by atoms with E-state index >= 15 is 0 Å². The number of nitrogens with two attached hydrogens (primary N) is 2. The Morgan fingerprint density at radius 1 is 1.18 bits per heavy atom. The van der Waals surface area contributed by atoms with E-state index in [0.717, 1.165) is 0 Å². The summed E-state index contributed by atoms with van der Waals surface area (Å²) in [5, 5.41) is 21.2. The fourth-order valence-electron chi connectivity index (χ4n) is 5.50. The van der Waals surface area contributed by atoms with Crippen molar-refractivity contribution in [2.75, 3.05) is 38.5 Å². The van der Waals surface area contributed by atoms with Crippen LogP contribution in [0, 0.1) is 0 Å². The number of aliphatic hydroxyl groups excluding tert-OH is 2. The van der Waals surface area contributed by atoms with E-state index in [1.807, 2.05) is 0 Å². The molecule has 8 atom stereocenters. The van der Waals surface area contributed by atoms with Gasteiger partial charge >= 0.3 is 6.72 Å². The Kier molecular flexibility index (Phi) is 8.13. The minimum absolute atomic E-state index is 0.0136. The first-order chi connectivity index (χ1) is 21.3. The molecule has 244 valence electrons. The zero-order valence-corrected chi connectivity index (χ0v) is 25.5. The molecule has 22 heteroatoms. The Bertz CT molecular complexity index is 1840. The number of H-pyrrole nitrogens is 1. The van der Waals surface area contributed by atoms with Crippen LogP contribution in [0.5, 0.6) is 0 Å². The number of ether oxygens (including phenoxy) is 3. The average molecular weight is 673 g/mol. The van der Waals surface area contributed by atoms with Crippen molar-refractivity contribution in [2.45, 2.75) is 55.3 Å². The summed E-state index contributed by atoms with van der Waals surface area (Å²) in [4.78, 5) is 46.3. The van der Waals surface area contributed by atoms with Crippen LogP contribution in [0.2, 0.25) is 0 Å². The van der Waals surface area contributed by atoms with Crippen LogP contribution in [0.15, 0.2) is 23.8 Å². The molecule has 1 unspecified atom stereocenters. The number of aliphatic hydroxyl groups is 2. The van der Waals surface area contributed by atoms with E-state index in [-0.39, 0.29) is 29.4 Å². The first-order valence-electron chi connectivity index (χ1n) is 13.4. The zero-order valence-electron chi connectivity index (χ0n) is 23.8. The summed E-state index contributed by atoms with van der Waals surface area (Å²) in [5.74, 6) is -0.0627. The molecule has 6 rings (SSSR count). The number of alkyl halides is 1. The maximum Gasteiger partial charge on any atom is 0.325 e. The SMILES string of the molecule is CO[C@H]1[C@H](n2cnc3c(N)ncnc32)O[C@](C)(COP(O)(=S)O[C@@H]2C[C@](CO)(CF)O[C@H]2n2cnc3c(=O)[nH]c(N)nc32)[C@H]1O. The molecule has 8 N–H and O–H groups in total.